The summed E-state index contributed by atoms with van der Waals surface area (Å²) in [6.45, 7) is 12.1. The maximum atomic E-state index is 13.5. The van der Waals surface area contributed by atoms with E-state index in [1.54, 1.807) is 35.1 Å². The molecule has 6 aromatic rings. The number of fused-ring (bicyclic) bond motifs is 10. The van der Waals surface area contributed by atoms with Gasteiger partial charge in [0.2, 0.25) is 0 Å². The monoisotopic (exact) mass is 939 g/mol. The molecule has 18 heteroatoms. The first kappa shape index (κ1) is 45.9. The minimum atomic E-state index is -2.28. The normalized spacial score (nSPS) is 18.9. The van der Waals surface area contributed by atoms with Crippen molar-refractivity contribution in [2.75, 3.05) is 6.17 Å². The van der Waals surface area contributed by atoms with Crippen molar-refractivity contribution in [1.29, 1.82) is 0 Å². The van der Waals surface area contributed by atoms with Gasteiger partial charge in [-0.15, -0.1) is 0 Å². The van der Waals surface area contributed by atoms with Crippen molar-refractivity contribution < 1.29 is 34.1 Å². The van der Waals surface area contributed by atoms with E-state index in [1.807, 2.05) is 55.6 Å². The van der Waals surface area contributed by atoms with Crippen LogP contribution in [0.5, 0.6) is 0 Å². The van der Waals surface area contributed by atoms with Crippen molar-refractivity contribution >= 4 is 50.1 Å². The number of pyridine rings is 4. The van der Waals surface area contributed by atoms with Crippen LogP contribution in [0.25, 0.3) is 55.0 Å². The maximum Gasteiger partial charge on any atom is 0.343 e. The summed E-state index contributed by atoms with van der Waals surface area (Å²) in [6, 6.07) is 20.9. The smallest absolute Gasteiger partial charge is 0.343 e. The summed E-state index contributed by atoms with van der Waals surface area (Å²) in [6.07, 6.45) is 2.24. The number of rotatable bonds is 10. The molecule has 3 N–H and O–H groups in total. The van der Waals surface area contributed by atoms with Crippen LogP contribution < -0.4 is 11.1 Å². The first-order valence-corrected chi connectivity index (χ1v) is 29.3. The number of esters is 2. The SMILES string of the molecule is CC[C@@]1(O)C(=O)OCc2c1cc1n(c2=O)Cc2c-1nc1ccccc1c2CC[Si](C)(C)CN=[N+]=[N-].CC[C@@]1(O)C(=O)OCc2c1cc1n(c2=O)Cc2c-1nc1ccccc1c2CC[Si](C)(C)O. The van der Waals surface area contributed by atoms with Crippen LogP contribution in [-0.4, -0.2) is 68.6 Å². The summed E-state index contributed by atoms with van der Waals surface area (Å²) < 4.78 is 13.7. The number of azide groups is 1. The molecule has 8 heterocycles. The molecule has 0 saturated heterocycles. The molecule has 16 nitrogen and oxygen atoms in total. The minimum absolute atomic E-state index is 0.107. The van der Waals surface area contributed by atoms with Crippen LogP contribution >= 0.6 is 0 Å². The third-order valence-electron chi connectivity index (χ3n) is 14.0. The van der Waals surface area contributed by atoms with Gasteiger partial charge in [-0.2, -0.15) is 0 Å². The molecule has 4 aromatic heterocycles. The quantitative estimate of drug-likeness (QED) is 0.0415. The average molecular weight is 940 g/mol. The lowest BCUT2D eigenvalue weighted by Gasteiger charge is -2.31. The Labute approximate surface area is 387 Å². The van der Waals surface area contributed by atoms with Gasteiger partial charge >= 0.3 is 11.9 Å². The number of benzene rings is 2. The van der Waals surface area contributed by atoms with Crippen LogP contribution in [0.4, 0.5) is 0 Å². The Morgan fingerprint density at radius 1 is 0.701 bits per heavy atom. The van der Waals surface area contributed by atoms with E-state index in [0.717, 1.165) is 56.5 Å². The molecule has 4 aliphatic heterocycles. The molecule has 346 valence electrons. The zero-order chi connectivity index (χ0) is 47.8. The highest BCUT2D eigenvalue weighted by Gasteiger charge is 2.47. The highest BCUT2D eigenvalue weighted by Crippen LogP contribution is 2.43. The Balaban J connectivity index is 0.000000169. The van der Waals surface area contributed by atoms with E-state index in [0.29, 0.717) is 76.8 Å². The fraction of sp³-hybridized carbons (Fsp3) is 0.388. The van der Waals surface area contributed by atoms with Crippen LogP contribution in [-0.2, 0) is 69.4 Å². The fourth-order valence-corrected chi connectivity index (χ4v) is 12.4. The van der Waals surface area contributed by atoms with Gasteiger partial charge in [0.1, 0.15) is 13.2 Å². The molecule has 0 amide bonds. The van der Waals surface area contributed by atoms with Crippen molar-refractivity contribution in [1.82, 2.24) is 19.1 Å². The van der Waals surface area contributed by atoms with Gasteiger partial charge in [-0.05, 0) is 85.7 Å². The van der Waals surface area contributed by atoms with Crippen molar-refractivity contribution in [2.45, 2.75) is 115 Å². The second kappa shape index (κ2) is 16.8. The molecule has 0 saturated carbocycles. The second-order valence-corrected chi connectivity index (χ2v) is 28.7. The number of hydrogen-bond acceptors (Lipinski definition) is 12. The molecule has 0 aliphatic carbocycles. The van der Waals surface area contributed by atoms with Gasteiger partial charge in [-0.3, -0.25) is 9.59 Å². The molecular weight excluding hydrogens is 887 g/mol. The lowest BCUT2D eigenvalue weighted by molar-refractivity contribution is -0.172. The van der Waals surface area contributed by atoms with Crippen LogP contribution in [0.3, 0.4) is 0 Å². The Hall–Kier alpha value is -6.28. The third-order valence-corrected chi connectivity index (χ3v) is 18.1. The molecule has 0 fully saturated rings. The number of hydrogen-bond donors (Lipinski definition) is 3. The number of cyclic esters (lactones) is 2. The van der Waals surface area contributed by atoms with Crippen LogP contribution in [0.15, 0.2) is 75.4 Å². The topological polar surface area (TPSA) is 232 Å². The van der Waals surface area contributed by atoms with Gasteiger partial charge in [-0.1, -0.05) is 74.5 Å². The van der Waals surface area contributed by atoms with Crippen molar-refractivity contribution in [2.24, 2.45) is 5.11 Å². The van der Waals surface area contributed by atoms with Gasteiger partial charge in [0.15, 0.2) is 19.5 Å². The first-order valence-electron chi connectivity index (χ1n) is 22.7. The number of nitrogens with zero attached hydrogens (tertiary/aromatic N) is 7. The average Bonchev–Trinajstić information content (AvgIpc) is 3.87. The van der Waals surface area contributed by atoms with E-state index in [2.05, 4.69) is 29.2 Å². The highest BCUT2D eigenvalue weighted by atomic mass is 28.4. The van der Waals surface area contributed by atoms with Crippen molar-refractivity contribution in [3.63, 3.8) is 0 Å². The van der Waals surface area contributed by atoms with E-state index in [9.17, 15) is 34.2 Å². The molecule has 2 atom stereocenters. The third kappa shape index (κ3) is 7.70. The standard InChI is InChI=1S/C25H27N5O4Si.C24H26N2O5Si/c1-4-25(33)19-11-21-22-17(12-30(21)23(31)18(19)13-34-24(25)32)15(9-10-35(2,3)14-27-29-26)16-7-5-6-8-20(16)28-22;1-4-24(29)18-11-20-21-16(12-26(20)22(27)17(18)13-31-23(24)28)14(9-10-32(2,3)30)15-7-5-6-8-19(15)25-21/h5-8,11,33H,4,9-10,12-14H2,1-3H3;5-8,11,29-30H,4,9-10,12-13H2,1-3H3/t25-;24-/m00/s1. The molecule has 4 aliphatic rings. The summed E-state index contributed by atoms with van der Waals surface area (Å²) in [7, 11) is -4.05. The summed E-state index contributed by atoms with van der Waals surface area (Å²) >= 11 is 0. The molecule has 10 rings (SSSR count). The lowest BCUT2D eigenvalue weighted by atomic mass is 9.86. The van der Waals surface area contributed by atoms with Gasteiger partial charge in [-0.25, -0.2) is 19.6 Å². The van der Waals surface area contributed by atoms with Crippen LogP contribution in [0.1, 0.15) is 71.2 Å². The zero-order valence-electron chi connectivity index (χ0n) is 38.5. The summed E-state index contributed by atoms with van der Waals surface area (Å²) in [5, 5.41) is 28.0. The fourth-order valence-electron chi connectivity index (χ4n) is 9.99. The van der Waals surface area contributed by atoms with Gasteiger partial charge in [0.05, 0.1) is 66.1 Å². The minimum Gasteiger partial charge on any atom is -0.458 e. The van der Waals surface area contributed by atoms with Crippen LogP contribution in [0, 0.1) is 0 Å². The van der Waals surface area contributed by atoms with Crippen LogP contribution in [0.2, 0.25) is 38.3 Å². The summed E-state index contributed by atoms with van der Waals surface area (Å²) in [5.74, 6) is -1.45. The Morgan fingerprint density at radius 2 is 1.13 bits per heavy atom. The number of carbonyl (C=O) groups excluding carboxylic acids is 2. The maximum absolute atomic E-state index is 13.5. The number of aromatic nitrogens is 4. The first-order chi connectivity index (χ1) is 31.8. The van der Waals surface area contributed by atoms with E-state index < -0.39 is 39.5 Å². The van der Waals surface area contributed by atoms with E-state index in [1.165, 1.54) is 0 Å². The predicted molar refractivity (Wildman–Crippen MR) is 257 cm³/mol. The summed E-state index contributed by atoms with van der Waals surface area (Å²) in [4.78, 5) is 74.9. The number of aryl methyl sites for hydroxylation is 2. The van der Waals surface area contributed by atoms with E-state index >= 15 is 0 Å². The molecule has 0 unspecified atom stereocenters. The molecule has 2 aromatic carbocycles. The molecule has 67 heavy (non-hydrogen) atoms. The van der Waals surface area contributed by atoms with Crippen molar-refractivity contribution in [3.8, 4) is 22.8 Å². The molecule has 0 spiro atoms. The van der Waals surface area contributed by atoms with Gasteiger partial charge in [0.25, 0.3) is 11.1 Å². The Kier molecular flexibility index (Phi) is 11.5. The molecule has 0 radical (unpaired) electrons. The van der Waals surface area contributed by atoms with E-state index in [-0.39, 0.29) is 37.2 Å². The predicted octanol–water partition coefficient (Wildman–Crippen LogP) is 7.00. The largest absolute Gasteiger partial charge is 0.458 e. The number of para-hydroxylation sites is 2. The Morgan fingerprint density at radius 3 is 1.55 bits per heavy atom. The summed E-state index contributed by atoms with van der Waals surface area (Å²) in [5.41, 5.74) is 14.3. The number of carbonyl (C=O) groups is 2. The van der Waals surface area contributed by atoms with E-state index in [4.69, 9.17) is 25.0 Å². The molecular formula is C49H53N7O9Si2. The van der Waals surface area contributed by atoms with Crippen molar-refractivity contribution in [3.05, 3.63) is 136 Å². The Bertz CT molecular complexity index is 3260. The highest BCUT2D eigenvalue weighted by molar-refractivity contribution is 6.77. The zero-order valence-corrected chi connectivity index (χ0v) is 40.5. The number of aliphatic hydroxyl groups is 2. The lowest BCUT2D eigenvalue weighted by Crippen LogP contribution is -2.44. The van der Waals surface area contributed by atoms with Gasteiger partial charge < -0.3 is 33.6 Å². The van der Waals surface area contributed by atoms with Gasteiger partial charge in [0, 0.05) is 44.1 Å². The number of ether oxygens (including phenoxy) is 2. The molecule has 0 bridgehead atoms. The second-order valence-electron chi connectivity index (χ2n) is 19.4.